The van der Waals surface area contributed by atoms with Crippen molar-refractivity contribution in [3.05, 3.63) is 99.4 Å². The summed E-state index contributed by atoms with van der Waals surface area (Å²) in [6.45, 7) is 3.89. The van der Waals surface area contributed by atoms with Crippen LogP contribution in [0.2, 0.25) is 0 Å². The Hall–Kier alpha value is -3.48. The molecule has 3 aromatic carbocycles. The maximum Gasteiger partial charge on any atom is 0.257 e. The van der Waals surface area contributed by atoms with Gasteiger partial charge >= 0.3 is 0 Å². The fraction of sp³-hybridized carbons (Fsp3) is 0.154. The lowest BCUT2D eigenvalue weighted by Gasteiger charge is -2.20. The zero-order valence-corrected chi connectivity index (χ0v) is 18.6. The number of nitrogens with two attached hydrogens (primary N) is 1. The average Bonchev–Trinajstić information content (AvgIpc) is 3.36. The number of benzene rings is 3. The van der Waals surface area contributed by atoms with Crippen molar-refractivity contribution in [1.29, 1.82) is 0 Å². The van der Waals surface area contributed by atoms with E-state index in [9.17, 15) is 9.59 Å². The number of hydrogen-bond donors (Lipinski definition) is 3. The van der Waals surface area contributed by atoms with E-state index in [4.69, 9.17) is 5.73 Å². The highest BCUT2D eigenvalue weighted by atomic mass is 32.1. The Balaban J connectivity index is 1.63. The second-order valence-corrected chi connectivity index (χ2v) is 9.09. The Morgan fingerprint density at radius 2 is 1.88 bits per heavy atom. The summed E-state index contributed by atoms with van der Waals surface area (Å²) >= 11 is 1.54. The minimum absolute atomic E-state index is 0.160. The van der Waals surface area contributed by atoms with Gasteiger partial charge in [-0.1, -0.05) is 42.5 Å². The van der Waals surface area contributed by atoms with Crippen LogP contribution in [0.4, 0.5) is 5.69 Å². The van der Waals surface area contributed by atoms with Gasteiger partial charge in [-0.25, -0.2) is 0 Å². The van der Waals surface area contributed by atoms with Crippen LogP contribution in [0.1, 0.15) is 62.0 Å². The number of hydrogen-bond acceptors (Lipinski definition) is 4. The van der Waals surface area contributed by atoms with Gasteiger partial charge in [0.05, 0.1) is 11.6 Å². The first kappa shape index (κ1) is 20.4. The van der Waals surface area contributed by atoms with Crippen LogP contribution in [0.5, 0.6) is 0 Å². The topological polar surface area (TPSA) is 84.2 Å². The standard InChI is InChI=1S/C26H23N3O2S/c1-14-7-3-4-8-17(14)24-23-19(25(30)29-24)11-16(15(2)27)12-21(23)28-26(31)20-13-32-22-10-6-5-9-18(20)22/h3-13,15,24H,27H2,1-2H3,(H,28,31)(H,29,30)/t15-,24?/m1/s1. The molecule has 1 aliphatic rings. The van der Waals surface area contributed by atoms with Crippen LogP contribution in [-0.2, 0) is 0 Å². The number of fused-ring (bicyclic) bond motifs is 2. The van der Waals surface area contributed by atoms with Crippen LogP contribution in [0.25, 0.3) is 10.1 Å². The molecule has 2 atom stereocenters. The molecule has 1 aromatic heterocycles. The summed E-state index contributed by atoms with van der Waals surface area (Å²) < 4.78 is 1.06. The molecule has 160 valence electrons. The van der Waals surface area contributed by atoms with E-state index >= 15 is 0 Å². The summed E-state index contributed by atoms with van der Waals surface area (Å²) in [5, 5.41) is 8.97. The van der Waals surface area contributed by atoms with Crippen molar-refractivity contribution in [3.63, 3.8) is 0 Å². The maximum absolute atomic E-state index is 13.3. The molecule has 0 saturated carbocycles. The number of aryl methyl sites for hydroxylation is 1. The van der Waals surface area contributed by atoms with Gasteiger partial charge < -0.3 is 16.4 Å². The Kier molecular flexibility index (Phi) is 5.04. The Labute approximate surface area is 190 Å². The van der Waals surface area contributed by atoms with Gasteiger partial charge in [-0.05, 0) is 48.7 Å². The van der Waals surface area contributed by atoms with Crippen molar-refractivity contribution in [2.24, 2.45) is 5.73 Å². The number of amides is 2. The van der Waals surface area contributed by atoms with E-state index in [1.165, 1.54) is 11.3 Å². The Morgan fingerprint density at radius 3 is 2.66 bits per heavy atom. The molecule has 4 aromatic rings. The van der Waals surface area contributed by atoms with E-state index in [0.29, 0.717) is 16.8 Å². The summed E-state index contributed by atoms with van der Waals surface area (Å²) in [5.74, 6) is -0.360. The first-order chi connectivity index (χ1) is 15.4. The highest BCUT2D eigenvalue weighted by Gasteiger charge is 2.34. The molecular formula is C26H23N3O2S. The number of rotatable bonds is 4. The molecule has 1 unspecified atom stereocenters. The monoisotopic (exact) mass is 441 g/mol. The van der Waals surface area contributed by atoms with Gasteiger partial charge in [0.25, 0.3) is 11.8 Å². The highest BCUT2D eigenvalue weighted by molar-refractivity contribution is 7.17. The molecule has 1 aliphatic heterocycles. The zero-order chi connectivity index (χ0) is 22.4. The smallest absolute Gasteiger partial charge is 0.257 e. The zero-order valence-electron chi connectivity index (χ0n) is 17.8. The molecule has 0 aliphatic carbocycles. The predicted molar refractivity (Wildman–Crippen MR) is 129 cm³/mol. The molecule has 0 spiro atoms. The van der Waals surface area contributed by atoms with E-state index in [-0.39, 0.29) is 23.9 Å². The predicted octanol–water partition coefficient (Wildman–Crippen LogP) is 5.31. The molecule has 0 fully saturated rings. The third kappa shape index (κ3) is 3.38. The SMILES string of the molecule is Cc1ccccc1C1NC(=O)c2cc([C@@H](C)N)cc(NC(=O)c3csc4ccccc34)c21. The van der Waals surface area contributed by atoms with Crippen LogP contribution < -0.4 is 16.4 Å². The molecule has 6 heteroatoms. The van der Waals surface area contributed by atoms with Crippen LogP contribution in [-0.4, -0.2) is 11.8 Å². The van der Waals surface area contributed by atoms with Crippen LogP contribution in [0.3, 0.4) is 0 Å². The molecule has 32 heavy (non-hydrogen) atoms. The van der Waals surface area contributed by atoms with Crippen molar-refractivity contribution in [3.8, 4) is 0 Å². The molecular weight excluding hydrogens is 418 g/mol. The number of carbonyl (C=O) groups excluding carboxylic acids is 2. The van der Waals surface area contributed by atoms with E-state index in [1.54, 1.807) is 0 Å². The fourth-order valence-corrected chi connectivity index (χ4v) is 5.25. The summed E-state index contributed by atoms with van der Waals surface area (Å²) in [5.41, 5.74) is 11.6. The lowest BCUT2D eigenvalue weighted by atomic mass is 9.91. The quantitative estimate of drug-likeness (QED) is 0.401. The lowest BCUT2D eigenvalue weighted by Crippen LogP contribution is -2.21. The van der Waals surface area contributed by atoms with Crippen LogP contribution in [0.15, 0.2) is 66.0 Å². The first-order valence-corrected chi connectivity index (χ1v) is 11.4. The molecule has 5 rings (SSSR count). The van der Waals surface area contributed by atoms with Crippen molar-refractivity contribution < 1.29 is 9.59 Å². The largest absolute Gasteiger partial charge is 0.341 e. The second-order valence-electron chi connectivity index (χ2n) is 8.18. The average molecular weight is 442 g/mol. The van der Waals surface area contributed by atoms with E-state index in [1.807, 2.05) is 79.9 Å². The maximum atomic E-state index is 13.3. The van der Waals surface area contributed by atoms with Gasteiger partial charge in [0.1, 0.15) is 0 Å². The molecule has 0 bridgehead atoms. The van der Waals surface area contributed by atoms with Gasteiger partial charge in [-0.2, -0.15) is 0 Å². The van der Waals surface area contributed by atoms with Gasteiger partial charge in [-0.15, -0.1) is 11.3 Å². The minimum atomic E-state index is -0.338. The molecule has 5 nitrogen and oxygen atoms in total. The fourth-order valence-electron chi connectivity index (χ4n) is 4.31. The van der Waals surface area contributed by atoms with Crippen LogP contribution >= 0.6 is 11.3 Å². The van der Waals surface area contributed by atoms with Gasteiger partial charge in [0, 0.05) is 38.3 Å². The number of carbonyl (C=O) groups is 2. The van der Waals surface area contributed by atoms with Crippen molar-refractivity contribution >= 4 is 38.9 Å². The number of anilines is 1. The molecule has 0 radical (unpaired) electrons. The van der Waals surface area contributed by atoms with E-state index in [0.717, 1.165) is 32.3 Å². The highest BCUT2D eigenvalue weighted by Crippen LogP contribution is 2.39. The van der Waals surface area contributed by atoms with Crippen molar-refractivity contribution in [1.82, 2.24) is 5.32 Å². The molecule has 2 amide bonds. The molecule has 0 saturated heterocycles. The van der Waals surface area contributed by atoms with E-state index in [2.05, 4.69) is 10.6 Å². The summed E-state index contributed by atoms with van der Waals surface area (Å²) in [6.07, 6.45) is 0. The molecule has 4 N–H and O–H groups in total. The van der Waals surface area contributed by atoms with Crippen LogP contribution in [0, 0.1) is 6.92 Å². The summed E-state index contributed by atoms with van der Waals surface area (Å²) in [4.78, 5) is 26.2. The number of thiophene rings is 1. The lowest BCUT2D eigenvalue weighted by molar-refractivity contribution is 0.0959. The third-order valence-corrected chi connectivity index (χ3v) is 6.97. The Morgan fingerprint density at radius 1 is 1.12 bits per heavy atom. The van der Waals surface area contributed by atoms with Crippen molar-refractivity contribution in [2.45, 2.75) is 25.9 Å². The summed E-state index contributed by atoms with van der Waals surface area (Å²) in [6, 6.07) is 18.9. The minimum Gasteiger partial charge on any atom is -0.341 e. The van der Waals surface area contributed by atoms with Gasteiger partial charge in [0.2, 0.25) is 0 Å². The van der Waals surface area contributed by atoms with Gasteiger partial charge in [0.15, 0.2) is 0 Å². The number of nitrogens with one attached hydrogen (secondary N) is 2. The Bertz CT molecular complexity index is 1370. The molecule has 2 heterocycles. The summed E-state index contributed by atoms with van der Waals surface area (Å²) in [7, 11) is 0. The van der Waals surface area contributed by atoms with Gasteiger partial charge in [-0.3, -0.25) is 9.59 Å². The normalized spacial score (nSPS) is 16.0. The van der Waals surface area contributed by atoms with Crippen molar-refractivity contribution in [2.75, 3.05) is 5.32 Å². The first-order valence-electron chi connectivity index (χ1n) is 10.5. The van der Waals surface area contributed by atoms with E-state index < -0.39 is 0 Å². The second kappa shape index (κ2) is 7.89. The third-order valence-electron chi connectivity index (χ3n) is 6.01.